The Bertz CT molecular complexity index is 1470. The van der Waals surface area contributed by atoms with Gasteiger partial charge in [-0.25, -0.2) is 17.9 Å². The summed E-state index contributed by atoms with van der Waals surface area (Å²) in [6.45, 7) is 0.157. The van der Waals surface area contributed by atoms with Crippen LogP contribution in [-0.4, -0.2) is 50.6 Å². The predicted molar refractivity (Wildman–Crippen MR) is 162 cm³/mol. The number of aliphatic hydroxyl groups excluding tert-OH is 1. The maximum Gasteiger partial charge on any atom is 0.404 e. The van der Waals surface area contributed by atoms with Crippen molar-refractivity contribution in [2.75, 3.05) is 12.9 Å². The summed E-state index contributed by atoms with van der Waals surface area (Å²) in [6.07, 6.45) is 4.27. The first-order chi connectivity index (χ1) is 20.6. The Kier molecular flexibility index (Phi) is 11.0. The summed E-state index contributed by atoms with van der Waals surface area (Å²) in [5, 5.41) is 10.7. The number of hydrogen-bond donors (Lipinski definition) is 3. The minimum atomic E-state index is -3.75. The summed E-state index contributed by atoms with van der Waals surface area (Å²) in [6, 6.07) is 21.2. The first-order valence-electron chi connectivity index (χ1n) is 14.3. The highest BCUT2D eigenvalue weighted by Crippen LogP contribution is 2.32. The third kappa shape index (κ3) is 9.72. The molecular weight excluding hydrogens is 572 g/mol. The van der Waals surface area contributed by atoms with E-state index in [1.807, 2.05) is 22.9 Å². The molecule has 2 amide bonds. The molecule has 1 saturated carbocycles. The number of carbonyl (C=O) groups is 2. The van der Waals surface area contributed by atoms with Gasteiger partial charge in [-0.1, -0.05) is 61.4 Å². The number of nitrogens with one attached hydrogen (secondary N) is 1. The summed E-state index contributed by atoms with van der Waals surface area (Å²) >= 11 is 0. The molecule has 1 aliphatic rings. The van der Waals surface area contributed by atoms with Crippen LogP contribution in [0.3, 0.4) is 0 Å². The normalized spacial score (nSPS) is 15.5. The molecule has 4 rings (SSSR count). The van der Waals surface area contributed by atoms with Crippen molar-refractivity contribution in [3.63, 3.8) is 0 Å². The molecule has 0 saturated heterocycles. The van der Waals surface area contributed by atoms with Crippen LogP contribution in [0.2, 0.25) is 0 Å². The average molecular weight is 611 g/mol. The van der Waals surface area contributed by atoms with E-state index >= 15 is 0 Å². The van der Waals surface area contributed by atoms with Crippen LogP contribution in [0.25, 0.3) is 11.1 Å². The molecule has 4 N–H and O–H groups in total. The van der Waals surface area contributed by atoms with E-state index in [1.165, 1.54) is 0 Å². The lowest BCUT2D eigenvalue weighted by Crippen LogP contribution is -2.30. The molecular formula is C32H38N2O8S. The van der Waals surface area contributed by atoms with Crippen LogP contribution >= 0.6 is 0 Å². The van der Waals surface area contributed by atoms with Gasteiger partial charge in [0.2, 0.25) is 10.0 Å². The number of sulfonamides is 1. The molecule has 1 aliphatic carbocycles. The van der Waals surface area contributed by atoms with Gasteiger partial charge in [-0.15, -0.1) is 0 Å². The number of rotatable bonds is 12. The van der Waals surface area contributed by atoms with E-state index in [9.17, 15) is 23.1 Å². The highest BCUT2D eigenvalue weighted by atomic mass is 32.2. The Labute approximate surface area is 252 Å². The summed E-state index contributed by atoms with van der Waals surface area (Å²) in [7, 11) is -3.75. The fourth-order valence-electron chi connectivity index (χ4n) is 5.08. The minimum Gasteiger partial charge on any atom is -0.493 e. The number of nitrogens with two attached hydrogens (primary N) is 1. The molecule has 3 aromatic carbocycles. The number of hydrogen-bond acceptors (Lipinski definition) is 8. The van der Waals surface area contributed by atoms with Crippen molar-refractivity contribution < 1.29 is 37.3 Å². The maximum absolute atomic E-state index is 12.8. The lowest BCUT2D eigenvalue weighted by Gasteiger charge is -2.22. The molecule has 1 unspecified atom stereocenters. The zero-order valence-corrected chi connectivity index (χ0v) is 24.9. The molecule has 0 aromatic heterocycles. The fourth-order valence-corrected chi connectivity index (χ4v) is 5.53. The van der Waals surface area contributed by atoms with Crippen molar-refractivity contribution in [1.82, 2.24) is 4.72 Å². The van der Waals surface area contributed by atoms with E-state index < -0.39 is 34.2 Å². The van der Waals surface area contributed by atoms with Gasteiger partial charge in [0.05, 0.1) is 24.5 Å². The van der Waals surface area contributed by atoms with Crippen LogP contribution in [0.15, 0.2) is 72.8 Å². The third-order valence-corrected chi connectivity index (χ3v) is 7.78. The van der Waals surface area contributed by atoms with Gasteiger partial charge in [0.15, 0.2) is 0 Å². The van der Waals surface area contributed by atoms with Gasteiger partial charge < -0.3 is 25.1 Å². The van der Waals surface area contributed by atoms with E-state index in [0.717, 1.165) is 55.9 Å². The van der Waals surface area contributed by atoms with Gasteiger partial charge in [0, 0.05) is 6.42 Å². The molecule has 0 aliphatic heterocycles. The zero-order chi connectivity index (χ0) is 30.8. The van der Waals surface area contributed by atoms with Crippen LogP contribution < -0.4 is 19.9 Å². The van der Waals surface area contributed by atoms with Gasteiger partial charge in [0.1, 0.15) is 23.7 Å². The largest absolute Gasteiger partial charge is 0.493 e. The van der Waals surface area contributed by atoms with Gasteiger partial charge in [0.25, 0.3) is 5.91 Å². The van der Waals surface area contributed by atoms with Gasteiger partial charge in [-0.3, -0.25) is 4.79 Å². The van der Waals surface area contributed by atoms with Crippen LogP contribution in [0.5, 0.6) is 11.5 Å². The van der Waals surface area contributed by atoms with E-state index in [-0.39, 0.29) is 24.7 Å². The van der Waals surface area contributed by atoms with Crippen LogP contribution in [-0.2, 0) is 14.8 Å². The van der Waals surface area contributed by atoms with Gasteiger partial charge in [-0.2, -0.15) is 0 Å². The van der Waals surface area contributed by atoms with Crippen molar-refractivity contribution >= 4 is 22.0 Å². The van der Waals surface area contributed by atoms with Crippen molar-refractivity contribution in [3.05, 3.63) is 83.9 Å². The molecule has 230 valence electrons. The monoisotopic (exact) mass is 610 g/mol. The molecule has 0 heterocycles. The number of primary amides is 1. The molecule has 1 fully saturated rings. The van der Waals surface area contributed by atoms with E-state index in [2.05, 4.69) is 0 Å². The van der Waals surface area contributed by atoms with E-state index in [0.29, 0.717) is 17.1 Å². The second-order valence-corrected chi connectivity index (χ2v) is 12.4. The van der Waals surface area contributed by atoms with Crippen molar-refractivity contribution in [1.29, 1.82) is 0 Å². The standard InChI is InChI=1S/C32H38N2O8S/c1-43(38,39)34-31(36)27-18-15-24(21-29(27)41-26-11-7-2-3-8-12-26)22-13-16-25(17-14-22)40-20-19-28(42-32(33)37)30(35)23-9-5-4-6-10-23/h4-6,9-10,13-18,21,26,28,30,35H,2-3,7-8,11-12,19-20H2,1H3,(H2,33,37)(H,34,36)/t28?,30-/m1/s1. The van der Waals surface area contributed by atoms with E-state index in [1.54, 1.807) is 54.6 Å². The van der Waals surface area contributed by atoms with Crippen molar-refractivity contribution in [3.8, 4) is 22.6 Å². The second-order valence-electron chi connectivity index (χ2n) is 10.6. The molecule has 0 radical (unpaired) electrons. The van der Waals surface area contributed by atoms with Crippen LogP contribution in [0.1, 0.15) is 67.0 Å². The fraction of sp³-hybridized carbons (Fsp3) is 0.375. The summed E-state index contributed by atoms with van der Waals surface area (Å²) in [5.74, 6) is 0.163. The van der Waals surface area contributed by atoms with Crippen molar-refractivity contribution in [2.24, 2.45) is 5.73 Å². The van der Waals surface area contributed by atoms with Crippen LogP contribution in [0, 0.1) is 0 Å². The number of benzene rings is 3. The maximum atomic E-state index is 12.8. The molecule has 11 heteroatoms. The molecule has 3 aromatic rings. The van der Waals surface area contributed by atoms with Crippen LogP contribution in [0.4, 0.5) is 4.79 Å². The Hall–Kier alpha value is -4.09. The van der Waals surface area contributed by atoms with Gasteiger partial charge in [-0.05, 0) is 66.6 Å². The van der Waals surface area contributed by atoms with Crippen molar-refractivity contribution in [2.45, 2.75) is 63.3 Å². The third-order valence-electron chi connectivity index (χ3n) is 7.22. The quantitative estimate of drug-likeness (QED) is 0.239. The first kappa shape index (κ1) is 31.8. The topological polar surface area (TPSA) is 154 Å². The highest BCUT2D eigenvalue weighted by Gasteiger charge is 2.24. The smallest absolute Gasteiger partial charge is 0.404 e. The Balaban J connectivity index is 1.46. The highest BCUT2D eigenvalue weighted by molar-refractivity contribution is 7.89. The summed E-state index contributed by atoms with van der Waals surface area (Å²) in [5.41, 5.74) is 7.59. The Morgan fingerprint density at radius 1 is 0.953 bits per heavy atom. The number of carbonyl (C=O) groups excluding carboxylic acids is 2. The number of ether oxygens (including phenoxy) is 3. The number of aliphatic hydroxyl groups is 1. The molecule has 10 nitrogen and oxygen atoms in total. The SMILES string of the molecule is CS(=O)(=O)NC(=O)c1ccc(-c2ccc(OCCC(OC(N)=O)[C@H](O)c3ccccc3)cc2)cc1OC1CCCCCC1. The Morgan fingerprint density at radius 2 is 1.60 bits per heavy atom. The molecule has 2 atom stereocenters. The lowest BCUT2D eigenvalue weighted by molar-refractivity contribution is -0.00537. The van der Waals surface area contributed by atoms with E-state index in [4.69, 9.17) is 19.9 Å². The summed E-state index contributed by atoms with van der Waals surface area (Å²) in [4.78, 5) is 24.2. The zero-order valence-electron chi connectivity index (χ0n) is 24.1. The molecule has 0 bridgehead atoms. The lowest BCUT2D eigenvalue weighted by atomic mass is 10.0. The molecule has 0 spiro atoms. The number of amides is 2. The second kappa shape index (κ2) is 14.9. The summed E-state index contributed by atoms with van der Waals surface area (Å²) < 4.78 is 42.8. The Morgan fingerprint density at radius 3 is 2.23 bits per heavy atom. The average Bonchev–Trinajstić information content (AvgIpc) is 3.24. The first-order valence-corrected chi connectivity index (χ1v) is 16.2. The minimum absolute atomic E-state index is 0.0545. The van der Waals surface area contributed by atoms with Gasteiger partial charge >= 0.3 is 6.09 Å². The molecule has 43 heavy (non-hydrogen) atoms. The predicted octanol–water partition coefficient (Wildman–Crippen LogP) is 5.11.